The van der Waals surface area contributed by atoms with Crippen LogP contribution in [0.25, 0.3) is 11.3 Å². The summed E-state index contributed by atoms with van der Waals surface area (Å²) in [5.74, 6) is 2.79. The van der Waals surface area contributed by atoms with Gasteiger partial charge in [0.05, 0.1) is 19.0 Å². The first-order chi connectivity index (χ1) is 21.1. The Bertz CT molecular complexity index is 1670. The molecular weight excluding hydrogens is 540 g/mol. The molecule has 0 saturated carbocycles. The lowest BCUT2D eigenvalue weighted by Gasteiger charge is -2.12. The summed E-state index contributed by atoms with van der Waals surface area (Å²) in [6.07, 6.45) is 3.12. The number of benzene rings is 4. The number of carbonyl (C=O) groups is 1. The first kappa shape index (κ1) is 29.0. The molecule has 0 radical (unpaired) electrons. The van der Waals surface area contributed by atoms with Crippen LogP contribution in [-0.4, -0.2) is 43.0 Å². The topological polar surface area (TPSA) is 94.9 Å². The molecule has 1 heterocycles. The Morgan fingerprint density at radius 2 is 1.42 bits per heavy atom. The maximum Gasteiger partial charge on any atom is 0.172 e. The van der Waals surface area contributed by atoms with Crippen molar-refractivity contribution in [3.63, 3.8) is 0 Å². The fraction of sp³-hybridized carbons (Fsp3) is 0.143. The van der Waals surface area contributed by atoms with E-state index in [4.69, 9.17) is 14.2 Å². The molecule has 0 aliphatic carbocycles. The molecular formula is C35H32N4O4. The van der Waals surface area contributed by atoms with E-state index >= 15 is 0 Å². The van der Waals surface area contributed by atoms with Crippen molar-refractivity contribution in [2.24, 2.45) is 5.10 Å². The summed E-state index contributed by atoms with van der Waals surface area (Å²) in [6.45, 7) is 2.83. The van der Waals surface area contributed by atoms with Crippen molar-refractivity contribution in [1.29, 1.82) is 0 Å². The third-order valence-electron chi connectivity index (χ3n) is 6.69. The number of nitrogens with one attached hydrogen (secondary N) is 1. The number of hydrazone groups is 1. The van der Waals surface area contributed by atoms with Crippen LogP contribution in [0, 0.1) is 6.92 Å². The fourth-order valence-corrected chi connectivity index (χ4v) is 4.36. The molecule has 0 unspecified atom stereocenters. The van der Waals surface area contributed by atoms with E-state index in [1.54, 1.807) is 37.6 Å². The average molecular weight is 573 g/mol. The van der Waals surface area contributed by atoms with Gasteiger partial charge in [-0.1, -0.05) is 48.0 Å². The predicted molar refractivity (Wildman–Crippen MR) is 168 cm³/mol. The number of nitrogens with zero attached hydrogens (tertiary/aromatic N) is 3. The molecule has 43 heavy (non-hydrogen) atoms. The standard InChI is InChI=1S/C35H32N4O4/c1-25-7-13-28(14-8-25)33-22-30(21-29-5-3-4-6-34(29)41-2)35(39-37-33)38-36-23-26-9-15-31(16-10-26)42-19-20-43-32-17-11-27(24-40)12-18-32/h3-18,22-24H,19-21H2,1-2H3,(H,38,39)/b36-23+. The summed E-state index contributed by atoms with van der Waals surface area (Å²) in [7, 11) is 1.67. The largest absolute Gasteiger partial charge is 0.496 e. The molecule has 8 heteroatoms. The molecule has 0 aliphatic heterocycles. The van der Waals surface area contributed by atoms with E-state index < -0.39 is 0 Å². The van der Waals surface area contributed by atoms with Gasteiger partial charge in [-0.3, -0.25) is 10.2 Å². The Balaban J connectivity index is 1.22. The number of hydrogen-bond acceptors (Lipinski definition) is 8. The summed E-state index contributed by atoms with van der Waals surface area (Å²) >= 11 is 0. The Hall–Kier alpha value is -5.50. The Kier molecular flexibility index (Phi) is 9.72. The molecule has 8 nitrogen and oxygen atoms in total. The number of carbonyl (C=O) groups excluding carboxylic acids is 1. The molecule has 0 atom stereocenters. The minimum Gasteiger partial charge on any atom is -0.496 e. The SMILES string of the molecule is COc1ccccc1Cc1cc(-c2ccc(C)cc2)nnc1N/N=C/c1ccc(OCCOc2ccc(C=O)cc2)cc1. The molecule has 0 aliphatic rings. The van der Waals surface area contributed by atoms with E-state index in [2.05, 4.69) is 39.8 Å². The molecule has 0 bridgehead atoms. The molecule has 0 fully saturated rings. The monoisotopic (exact) mass is 572 g/mol. The van der Waals surface area contributed by atoms with Crippen LogP contribution in [0.1, 0.15) is 32.6 Å². The number of para-hydroxylation sites is 1. The highest BCUT2D eigenvalue weighted by molar-refractivity contribution is 5.80. The van der Waals surface area contributed by atoms with Gasteiger partial charge in [0.15, 0.2) is 5.82 Å². The second-order valence-electron chi connectivity index (χ2n) is 9.78. The summed E-state index contributed by atoms with van der Waals surface area (Å²) < 4.78 is 17.0. The number of methoxy groups -OCH3 is 1. The smallest absolute Gasteiger partial charge is 0.172 e. The van der Waals surface area contributed by atoms with E-state index in [-0.39, 0.29) is 0 Å². The first-order valence-electron chi connectivity index (χ1n) is 13.9. The maximum atomic E-state index is 10.8. The van der Waals surface area contributed by atoms with Gasteiger partial charge in [0, 0.05) is 23.1 Å². The van der Waals surface area contributed by atoms with E-state index in [1.807, 2.05) is 66.7 Å². The summed E-state index contributed by atoms with van der Waals surface area (Å²) in [5.41, 5.74) is 9.53. The lowest BCUT2D eigenvalue weighted by molar-refractivity contribution is 0.112. The normalized spacial score (nSPS) is 10.8. The lowest BCUT2D eigenvalue weighted by Crippen LogP contribution is -2.09. The zero-order chi connectivity index (χ0) is 29.9. The van der Waals surface area contributed by atoms with Crippen molar-refractivity contribution in [3.8, 4) is 28.5 Å². The van der Waals surface area contributed by atoms with Gasteiger partial charge >= 0.3 is 0 Å². The van der Waals surface area contributed by atoms with Crippen molar-refractivity contribution >= 4 is 18.3 Å². The van der Waals surface area contributed by atoms with E-state index in [1.165, 1.54) is 5.56 Å². The molecule has 0 amide bonds. The minimum atomic E-state index is 0.383. The fourth-order valence-electron chi connectivity index (χ4n) is 4.36. The molecule has 216 valence electrons. The highest BCUT2D eigenvalue weighted by atomic mass is 16.5. The van der Waals surface area contributed by atoms with Gasteiger partial charge in [0.1, 0.15) is 36.7 Å². The van der Waals surface area contributed by atoms with Gasteiger partial charge in [-0.05, 0) is 78.7 Å². The summed E-state index contributed by atoms with van der Waals surface area (Å²) in [5, 5.41) is 13.4. The highest BCUT2D eigenvalue weighted by Crippen LogP contribution is 2.27. The van der Waals surface area contributed by atoms with Crippen LogP contribution < -0.4 is 19.6 Å². The number of hydrogen-bond donors (Lipinski definition) is 1. The maximum absolute atomic E-state index is 10.8. The lowest BCUT2D eigenvalue weighted by atomic mass is 10.0. The van der Waals surface area contributed by atoms with E-state index in [0.717, 1.165) is 45.7 Å². The number of aldehydes is 1. The van der Waals surface area contributed by atoms with Crippen molar-refractivity contribution < 1.29 is 19.0 Å². The van der Waals surface area contributed by atoms with Crippen LogP contribution in [-0.2, 0) is 6.42 Å². The molecule has 0 spiro atoms. The predicted octanol–water partition coefficient (Wildman–Crippen LogP) is 6.77. The third-order valence-corrected chi connectivity index (χ3v) is 6.69. The number of aromatic nitrogens is 2. The van der Waals surface area contributed by atoms with Gasteiger partial charge in [-0.25, -0.2) is 0 Å². The Morgan fingerprint density at radius 3 is 2.07 bits per heavy atom. The van der Waals surface area contributed by atoms with E-state index in [0.29, 0.717) is 36.8 Å². The zero-order valence-electron chi connectivity index (χ0n) is 24.1. The molecule has 5 aromatic rings. The van der Waals surface area contributed by atoms with Crippen LogP contribution in [0.5, 0.6) is 17.2 Å². The van der Waals surface area contributed by atoms with Gasteiger partial charge in [0.25, 0.3) is 0 Å². The number of aryl methyl sites for hydroxylation is 1. The number of rotatable bonds is 13. The van der Waals surface area contributed by atoms with E-state index in [9.17, 15) is 4.79 Å². The van der Waals surface area contributed by atoms with Gasteiger partial charge in [-0.15, -0.1) is 10.2 Å². The summed E-state index contributed by atoms with van der Waals surface area (Å²) in [4.78, 5) is 10.8. The van der Waals surface area contributed by atoms with Crippen LogP contribution in [0.15, 0.2) is 108 Å². The van der Waals surface area contributed by atoms with Crippen molar-refractivity contribution in [2.75, 3.05) is 25.7 Å². The van der Waals surface area contributed by atoms with Crippen molar-refractivity contribution in [2.45, 2.75) is 13.3 Å². The minimum absolute atomic E-state index is 0.383. The molecule has 0 saturated heterocycles. The number of anilines is 1. The van der Waals surface area contributed by atoms with Crippen LogP contribution in [0.4, 0.5) is 5.82 Å². The molecule has 5 rings (SSSR count). The Labute approximate surface area is 251 Å². The zero-order valence-corrected chi connectivity index (χ0v) is 24.1. The highest BCUT2D eigenvalue weighted by Gasteiger charge is 2.12. The molecule has 4 aromatic carbocycles. The van der Waals surface area contributed by atoms with Crippen molar-refractivity contribution in [3.05, 3.63) is 131 Å². The van der Waals surface area contributed by atoms with Crippen LogP contribution in [0.3, 0.4) is 0 Å². The van der Waals surface area contributed by atoms with Crippen molar-refractivity contribution in [1.82, 2.24) is 10.2 Å². The third kappa shape index (κ3) is 8.04. The number of ether oxygens (including phenoxy) is 3. The molecule has 1 N–H and O–H groups in total. The van der Waals surface area contributed by atoms with Gasteiger partial charge in [-0.2, -0.15) is 5.10 Å². The average Bonchev–Trinajstić information content (AvgIpc) is 3.05. The summed E-state index contributed by atoms with van der Waals surface area (Å²) in [6, 6.07) is 32.7. The quantitative estimate of drug-likeness (QED) is 0.0720. The molecule has 1 aromatic heterocycles. The van der Waals surface area contributed by atoms with Crippen LogP contribution in [0.2, 0.25) is 0 Å². The Morgan fingerprint density at radius 1 is 0.767 bits per heavy atom. The second kappa shape index (κ2) is 14.4. The second-order valence-corrected chi connectivity index (χ2v) is 9.78. The van der Waals surface area contributed by atoms with Gasteiger partial charge < -0.3 is 14.2 Å². The van der Waals surface area contributed by atoms with Gasteiger partial charge in [0.2, 0.25) is 0 Å². The first-order valence-corrected chi connectivity index (χ1v) is 13.9. The van der Waals surface area contributed by atoms with Crippen LogP contribution >= 0.6 is 0 Å².